The smallest absolute Gasteiger partial charge is 0.339 e. The van der Waals surface area contributed by atoms with Gasteiger partial charge in [0.1, 0.15) is 12.2 Å². The van der Waals surface area contributed by atoms with Crippen molar-refractivity contribution in [2.75, 3.05) is 6.61 Å². The summed E-state index contributed by atoms with van der Waals surface area (Å²) in [5, 5.41) is 22.3. The van der Waals surface area contributed by atoms with Crippen LogP contribution in [0.3, 0.4) is 0 Å². The Bertz CT molecular complexity index is 935. The molecule has 2 rings (SSSR count). The van der Waals surface area contributed by atoms with Crippen LogP contribution in [0, 0.1) is 27.2 Å². The van der Waals surface area contributed by atoms with Crippen LogP contribution in [-0.4, -0.2) is 28.4 Å². The highest BCUT2D eigenvalue weighted by Gasteiger charge is 2.24. The second-order valence-electron chi connectivity index (χ2n) is 6.03. The van der Waals surface area contributed by atoms with E-state index in [-0.39, 0.29) is 28.9 Å². The number of esters is 2. The third-order valence-corrected chi connectivity index (χ3v) is 3.98. The van der Waals surface area contributed by atoms with E-state index in [0.29, 0.717) is 6.42 Å². The molecule has 0 heterocycles. The van der Waals surface area contributed by atoms with E-state index in [9.17, 15) is 29.8 Å². The van der Waals surface area contributed by atoms with Crippen LogP contribution in [0.25, 0.3) is 0 Å². The molecule has 0 radical (unpaired) electrons. The van der Waals surface area contributed by atoms with Gasteiger partial charge < -0.3 is 9.47 Å². The van der Waals surface area contributed by atoms with Crippen LogP contribution < -0.4 is 0 Å². The van der Waals surface area contributed by atoms with Crippen molar-refractivity contribution in [1.82, 2.24) is 0 Å². The number of hydrogen-bond donors (Lipinski definition) is 0. The Morgan fingerprint density at radius 3 is 1.86 bits per heavy atom. The number of ether oxygens (including phenoxy) is 2. The number of hydrogen-bond acceptors (Lipinski definition) is 8. The largest absolute Gasteiger partial charge is 0.462 e. The third-order valence-electron chi connectivity index (χ3n) is 3.98. The van der Waals surface area contributed by atoms with Gasteiger partial charge in [-0.15, -0.1) is 0 Å². The van der Waals surface area contributed by atoms with Gasteiger partial charge in [0.2, 0.25) is 0 Å². The first-order chi connectivity index (χ1) is 13.8. The molecule has 0 aromatic heterocycles. The maximum atomic E-state index is 12.4. The number of carbonyl (C=O) groups excluding carboxylic acids is 2. The number of rotatable bonds is 8. The molecule has 2 aromatic rings. The Labute approximate surface area is 165 Å². The second kappa shape index (κ2) is 9.40. The SMILES string of the molecule is CCCOC(=O)c1ccccc1C(=O)OCc1cc([N+](=O)[O-])c(C)c([N+](=O)[O-])c1. The summed E-state index contributed by atoms with van der Waals surface area (Å²) in [7, 11) is 0. The molecule has 0 amide bonds. The monoisotopic (exact) mass is 402 g/mol. The second-order valence-corrected chi connectivity index (χ2v) is 6.03. The lowest BCUT2D eigenvalue weighted by molar-refractivity contribution is -0.395. The van der Waals surface area contributed by atoms with Gasteiger partial charge in [-0.25, -0.2) is 9.59 Å². The molecular formula is C19H18N2O8. The Hall–Kier alpha value is -3.82. The molecule has 0 spiro atoms. The average molecular weight is 402 g/mol. The highest BCUT2D eigenvalue weighted by atomic mass is 16.6. The molecule has 10 heteroatoms. The molecule has 0 saturated carbocycles. The first kappa shape index (κ1) is 21.5. The summed E-state index contributed by atoms with van der Waals surface area (Å²) < 4.78 is 10.2. The van der Waals surface area contributed by atoms with Crippen LogP contribution in [0.2, 0.25) is 0 Å². The molecule has 0 N–H and O–H groups in total. The van der Waals surface area contributed by atoms with Crippen LogP contribution in [0.15, 0.2) is 36.4 Å². The van der Waals surface area contributed by atoms with Gasteiger partial charge in [0.25, 0.3) is 11.4 Å². The normalized spacial score (nSPS) is 10.3. The maximum Gasteiger partial charge on any atom is 0.339 e. The molecule has 0 aliphatic carbocycles. The van der Waals surface area contributed by atoms with E-state index in [1.54, 1.807) is 6.07 Å². The maximum absolute atomic E-state index is 12.4. The van der Waals surface area contributed by atoms with Gasteiger partial charge in [0.05, 0.1) is 27.6 Å². The predicted octanol–water partition coefficient (Wildman–Crippen LogP) is 3.74. The molecule has 0 bridgehead atoms. The molecule has 152 valence electrons. The first-order valence-corrected chi connectivity index (χ1v) is 8.61. The van der Waals surface area contributed by atoms with E-state index in [1.165, 1.54) is 25.1 Å². The fourth-order valence-corrected chi connectivity index (χ4v) is 2.54. The van der Waals surface area contributed by atoms with E-state index in [2.05, 4.69) is 0 Å². The molecule has 0 unspecified atom stereocenters. The lowest BCUT2D eigenvalue weighted by Gasteiger charge is -2.10. The molecule has 2 aromatic carbocycles. The minimum Gasteiger partial charge on any atom is -0.462 e. The number of nitro groups is 2. The Kier molecular flexibility index (Phi) is 6.96. The summed E-state index contributed by atoms with van der Waals surface area (Å²) in [5.74, 6) is -1.54. The lowest BCUT2D eigenvalue weighted by Crippen LogP contribution is -2.14. The molecule has 0 atom stereocenters. The zero-order valence-corrected chi connectivity index (χ0v) is 15.7. The molecule has 0 aliphatic rings. The number of carbonyl (C=O) groups is 2. The molecule has 10 nitrogen and oxygen atoms in total. The highest BCUT2D eigenvalue weighted by molar-refractivity contribution is 6.03. The van der Waals surface area contributed by atoms with Gasteiger partial charge in [0, 0.05) is 17.7 Å². The molecular weight excluding hydrogens is 384 g/mol. The van der Waals surface area contributed by atoms with Crippen molar-refractivity contribution in [2.45, 2.75) is 26.9 Å². The first-order valence-electron chi connectivity index (χ1n) is 8.61. The Morgan fingerprint density at radius 2 is 1.41 bits per heavy atom. The summed E-state index contributed by atoms with van der Waals surface area (Å²) in [6.07, 6.45) is 0.614. The van der Waals surface area contributed by atoms with E-state index in [0.717, 1.165) is 12.1 Å². The van der Waals surface area contributed by atoms with E-state index in [1.807, 2.05) is 6.92 Å². The van der Waals surface area contributed by atoms with Crippen molar-refractivity contribution in [3.63, 3.8) is 0 Å². The summed E-state index contributed by atoms with van der Waals surface area (Å²) in [6.45, 7) is 2.84. The summed E-state index contributed by atoms with van der Waals surface area (Å²) in [4.78, 5) is 45.3. The standard InChI is InChI=1S/C19H18N2O8/c1-3-8-28-18(22)14-6-4-5-7-15(14)19(23)29-11-13-9-16(20(24)25)12(2)17(10-13)21(26)27/h4-7,9-10H,3,8,11H2,1-2H3. The quantitative estimate of drug-likeness (QED) is 0.370. The number of benzene rings is 2. The van der Waals surface area contributed by atoms with Crippen LogP contribution in [0.4, 0.5) is 11.4 Å². The van der Waals surface area contributed by atoms with Crippen LogP contribution >= 0.6 is 0 Å². The molecule has 29 heavy (non-hydrogen) atoms. The predicted molar refractivity (Wildman–Crippen MR) is 101 cm³/mol. The van der Waals surface area contributed by atoms with Crippen LogP contribution in [0.1, 0.15) is 45.2 Å². The van der Waals surface area contributed by atoms with Gasteiger partial charge in [-0.1, -0.05) is 19.1 Å². The fraction of sp³-hybridized carbons (Fsp3) is 0.263. The highest BCUT2D eigenvalue weighted by Crippen LogP contribution is 2.29. The Balaban J connectivity index is 2.25. The summed E-state index contributed by atoms with van der Waals surface area (Å²) >= 11 is 0. The van der Waals surface area contributed by atoms with E-state index >= 15 is 0 Å². The lowest BCUT2D eigenvalue weighted by atomic mass is 10.1. The van der Waals surface area contributed by atoms with Crippen molar-refractivity contribution in [2.24, 2.45) is 0 Å². The Morgan fingerprint density at radius 1 is 0.931 bits per heavy atom. The van der Waals surface area contributed by atoms with Crippen molar-refractivity contribution in [3.8, 4) is 0 Å². The fourth-order valence-electron chi connectivity index (χ4n) is 2.54. The van der Waals surface area contributed by atoms with Gasteiger partial charge in [-0.3, -0.25) is 20.2 Å². The van der Waals surface area contributed by atoms with Crippen LogP contribution in [-0.2, 0) is 16.1 Å². The van der Waals surface area contributed by atoms with Gasteiger partial charge >= 0.3 is 11.9 Å². The number of nitrogens with zero attached hydrogens (tertiary/aromatic N) is 2. The van der Waals surface area contributed by atoms with E-state index < -0.39 is 39.8 Å². The summed E-state index contributed by atoms with van der Waals surface area (Å²) in [6, 6.07) is 8.11. The molecule has 0 saturated heterocycles. The average Bonchev–Trinajstić information content (AvgIpc) is 2.70. The minimum absolute atomic E-state index is 0.0202. The van der Waals surface area contributed by atoms with Crippen molar-refractivity contribution < 1.29 is 28.9 Å². The topological polar surface area (TPSA) is 139 Å². The number of nitro benzene ring substituents is 2. The zero-order valence-electron chi connectivity index (χ0n) is 15.7. The van der Waals surface area contributed by atoms with Gasteiger partial charge in [-0.2, -0.15) is 0 Å². The molecule has 0 aliphatic heterocycles. The summed E-state index contributed by atoms with van der Waals surface area (Å²) in [5.41, 5.74) is -0.938. The van der Waals surface area contributed by atoms with Crippen LogP contribution in [0.5, 0.6) is 0 Å². The molecule has 0 fully saturated rings. The zero-order chi connectivity index (χ0) is 21.6. The van der Waals surface area contributed by atoms with Crippen molar-refractivity contribution in [1.29, 1.82) is 0 Å². The van der Waals surface area contributed by atoms with E-state index in [4.69, 9.17) is 9.47 Å². The minimum atomic E-state index is -0.861. The van der Waals surface area contributed by atoms with Gasteiger partial charge in [0.15, 0.2) is 0 Å². The van der Waals surface area contributed by atoms with Crippen molar-refractivity contribution >= 4 is 23.3 Å². The van der Waals surface area contributed by atoms with Crippen molar-refractivity contribution in [3.05, 3.63) is 78.9 Å². The third kappa shape index (κ3) is 5.12. The van der Waals surface area contributed by atoms with Gasteiger partial charge in [-0.05, 0) is 25.5 Å².